The average Bonchev–Trinajstić information content (AvgIpc) is 3.08. The summed E-state index contributed by atoms with van der Waals surface area (Å²) in [5, 5.41) is 14.2. The van der Waals surface area contributed by atoms with Crippen molar-refractivity contribution in [2.75, 3.05) is 18.0 Å². The molecule has 2 aromatic heterocycles. The lowest BCUT2D eigenvalue weighted by molar-refractivity contribution is 0.376. The largest absolute Gasteiger partial charge is 0.507 e. The molecule has 3 aromatic rings. The smallest absolute Gasteiger partial charge is 0.223 e. The highest BCUT2D eigenvalue weighted by atomic mass is 16.5. The third-order valence-electron chi connectivity index (χ3n) is 4.64. The molecule has 0 saturated carbocycles. The summed E-state index contributed by atoms with van der Waals surface area (Å²) in [6.07, 6.45) is 2.07. The van der Waals surface area contributed by atoms with Crippen molar-refractivity contribution in [3.63, 3.8) is 0 Å². The molecular formula is C19H21N5O2. The number of anilines is 1. The van der Waals surface area contributed by atoms with Crippen molar-refractivity contribution in [2.24, 2.45) is 0 Å². The van der Waals surface area contributed by atoms with Gasteiger partial charge in [0.05, 0.1) is 5.56 Å². The Morgan fingerprint density at radius 1 is 1.15 bits per heavy atom. The molecule has 1 aliphatic rings. The fourth-order valence-corrected chi connectivity index (χ4v) is 3.37. The molecule has 0 aliphatic carbocycles. The Balaban J connectivity index is 1.64. The van der Waals surface area contributed by atoms with Gasteiger partial charge in [0.1, 0.15) is 11.6 Å². The van der Waals surface area contributed by atoms with Gasteiger partial charge >= 0.3 is 0 Å². The number of benzene rings is 1. The van der Waals surface area contributed by atoms with Crippen LogP contribution in [0, 0.1) is 13.8 Å². The van der Waals surface area contributed by atoms with Crippen molar-refractivity contribution >= 4 is 5.82 Å². The Morgan fingerprint density at radius 2 is 2.00 bits per heavy atom. The van der Waals surface area contributed by atoms with E-state index in [1.54, 1.807) is 12.1 Å². The molecule has 26 heavy (non-hydrogen) atoms. The van der Waals surface area contributed by atoms with Crippen LogP contribution in [-0.4, -0.2) is 38.3 Å². The summed E-state index contributed by atoms with van der Waals surface area (Å²) >= 11 is 0. The third kappa shape index (κ3) is 3.24. The number of phenolic OH excluding ortho intramolecular Hbond substituents is 1. The summed E-state index contributed by atoms with van der Waals surface area (Å²) in [5.74, 6) is 3.17. The Kier molecular flexibility index (Phi) is 4.28. The maximum absolute atomic E-state index is 10.1. The molecule has 134 valence electrons. The van der Waals surface area contributed by atoms with Gasteiger partial charge in [-0.15, -0.1) is 0 Å². The van der Waals surface area contributed by atoms with Gasteiger partial charge in [-0.2, -0.15) is 4.98 Å². The van der Waals surface area contributed by atoms with Gasteiger partial charge in [-0.1, -0.05) is 17.3 Å². The quantitative estimate of drug-likeness (QED) is 0.775. The second-order valence-electron chi connectivity index (χ2n) is 6.67. The molecule has 1 aliphatic heterocycles. The number of para-hydroxylation sites is 1. The lowest BCUT2D eigenvalue weighted by atomic mass is 9.97. The number of rotatable bonds is 3. The maximum Gasteiger partial charge on any atom is 0.223 e. The fraction of sp³-hybridized carbons (Fsp3) is 0.368. The van der Waals surface area contributed by atoms with E-state index in [1.807, 2.05) is 32.0 Å². The summed E-state index contributed by atoms with van der Waals surface area (Å²) in [6.45, 7) is 5.46. The van der Waals surface area contributed by atoms with Crippen LogP contribution in [-0.2, 0) is 0 Å². The first-order chi connectivity index (χ1) is 12.6. The van der Waals surface area contributed by atoms with E-state index in [-0.39, 0.29) is 11.7 Å². The highest BCUT2D eigenvalue weighted by Gasteiger charge is 2.26. The summed E-state index contributed by atoms with van der Waals surface area (Å²) in [5.41, 5.74) is 1.51. The van der Waals surface area contributed by atoms with E-state index >= 15 is 0 Å². The Bertz CT molecular complexity index is 924. The molecule has 1 N–H and O–H groups in total. The van der Waals surface area contributed by atoms with Crippen molar-refractivity contribution < 1.29 is 9.63 Å². The zero-order valence-electron chi connectivity index (χ0n) is 14.9. The molecule has 3 heterocycles. The van der Waals surface area contributed by atoms with E-state index in [0.29, 0.717) is 17.3 Å². The van der Waals surface area contributed by atoms with Crippen LogP contribution in [0.1, 0.15) is 36.2 Å². The average molecular weight is 351 g/mol. The molecule has 1 fully saturated rings. The topological polar surface area (TPSA) is 88.2 Å². The summed E-state index contributed by atoms with van der Waals surface area (Å²) in [7, 11) is 0. The number of piperidine rings is 1. The van der Waals surface area contributed by atoms with Gasteiger partial charge in [-0.25, -0.2) is 9.97 Å². The second-order valence-corrected chi connectivity index (χ2v) is 6.67. The lowest BCUT2D eigenvalue weighted by Gasteiger charge is -2.32. The van der Waals surface area contributed by atoms with Crippen molar-refractivity contribution in [3.05, 3.63) is 47.7 Å². The zero-order chi connectivity index (χ0) is 18.1. The van der Waals surface area contributed by atoms with Gasteiger partial charge < -0.3 is 14.5 Å². The van der Waals surface area contributed by atoms with Crippen LogP contribution in [0.5, 0.6) is 5.75 Å². The van der Waals surface area contributed by atoms with Gasteiger partial charge in [0.2, 0.25) is 5.89 Å². The van der Waals surface area contributed by atoms with Crippen LogP contribution >= 0.6 is 0 Å². The number of aromatic hydroxyl groups is 1. The van der Waals surface area contributed by atoms with E-state index in [4.69, 9.17) is 9.51 Å². The summed E-state index contributed by atoms with van der Waals surface area (Å²) in [6, 6.07) is 9.12. The first-order valence-corrected chi connectivity index (χ1v) is 8.79. The van der Waals surface area contributed by atoms with E-state index in [1.165, 1.54) is 0 Å². The van der Waals surface area contributed by atoms with E-state index in [0.717, 1.165) is 43.3 Å². The minimum atomic E-state index is 0.183. The lowest BCUT2D eigenvalue weighted by Crippen LogP contribution is -2.35. The molecule has 0 amide bonds. The van der Waals surface area contributed by atoms with Crippen LogP contribution in [0.25, 0.3) is 11.4 Å². The van der Waals surface area contributed by atoms with Gasteiger partial charge in [-0.05, 0) is 31.9 Å². The first kappa shape index (κ1) is 16.5. The fourth-order valence-electron chi connectivity index (χ4n) is 3.37. The monoisotopic (exact) mass is 351 g/mol. The molecule has 1 saturated heterocycles. The number of hydrogen-bond donors (Lipinski definition) is 1. The molecule has 0 bridgehead atoms. The molecule has 7 nitrogen and oxygen atoms in total. The van der Waals surface area contributed by atoms with E-state index < -0.39 is 0 Å². The van der Waals surface area contributed by atoms with Crippen LogP contribution in [0.4, 0.5) is 5.82 Å². The number of aryl methyl sites for hydroxylation is 2. The minimum absolute atomic E-state index is 0.183. The van der Waals surface area contributed by atoms with Crippen LogP contribution in [0.3, 0.4) is 0 Å². The molecule has 1 aromatic carbocycles. The summed E-state index contributed by atoms with van der Waals surface area (Å²) < 4.78 is 5.13. The molecule has 1 atom stereocenters. The molecule has 0 radical (unpaired) electrons. The predicted octanol–water partition coefficient (Wildman–Crippen LogP) is 3.23. The number of nitrogens with zero attached hydrogens (tertiary/aromatic N) is 5. The number of aromatic nitrogens is 4. The van der Waals surface area contributed by atoms with Gasteiger partial charge in [0.25, 0.3) is 0 Å². The molecular weight excluding hydrogens is 330 g/mol. The van der Waals surface area contributed by atoms with Crippen molar-refractivity contribution in [2.45, 2.75) is 32.6 Å². The highest BCUT2D eigenvalue weighted by Crippen LogP contribution is 2.31. The normalized spacial score (nSPS) is 17.5. The molecule has 7 heteroatoms. The second kappa shape index (κ2) is 6.74. The van der Waals surface area contributed by atoms with E-state index in [9.17, 15) is 5.11 Å². The van der Waals surface area contributed by atoms with Crippen molar-refractivity contribution in [1.82, 2.24) is 20.1 Å². The van der Waals surface area contributed by atoms with Gasteiger partial charge in [0, 0.05) is 37.7 Å². The molecule has 0 unspecified atom stereocenters. The van der Waals surface area contributed by atoms with Gasteiger partial charge in [-0.3, -0.25) is 0 Å². The minimum Gasteiger partial charge on any atom is -0.507 e. The van der Waals surface area contributed by atoms with Crippen molar-refractivity contribution in [3.8, 4) is 17.1 Å². The Morgan fingerprint density at radius 3 is 2.77 bits per heavy atom. The van der Waals surface area contributed by atoms with Crippen LogP contribution in [0.15, 0.2) is 34.9 Å². The SMILES string of the molecule is Cc1cc(N2CCC[C@@H](c3noc(C)n3)C2)nc(-c2ccccc2O)n1. The zero-order valence-corrected chi connectivity index (χ0v) is 14.9. The van der Waals surface area contributed by atoms with Crippen molar-refractivity contribution in [1.29, 1.82) is 0 Å². The standard InChI is InChI=1S/C19H21N5O2/c1-12-10-17(22-19(20-12)15-7-3-4-8-16(15)25)24-9-5-6-14(11-24)18-21-13(2)26-23-18/h3-4,7-8,10,14,25H,5-6,9,11H2,1-2H3/t14-/m1/s1. The predicted molar refractivity (Wildman–Crippen MR) is 97.1 cm³/mol. The van der Waals surface area contributed by atoms with Crippen LogP contribution in [0.2, 0.25) is 0 Å². The number of phenols is 1. The molecule has 4 rings (SSSR count). The first-order valence-electron chi connectivity index (χ1n) is 8.79. The van der Waals surface area contributed by atoms with Gasteiger partial charge in [0.15, 0.2) is 11.6 Å². The van der Waals surface area contributed by atoms with Crippen LogP contribution < -0.4 is 4.90 Å². The maximum atomic E-state index is 10.1. The Hall–Kier alpha value is -2.96. The number of hydrogen-bond acceptors (Lipinski definition) is 7. The highest BCUT2D eigenvalue weighted by molar-refractivity contribution is 5.65. The summed E-state index contributed by atoms with van der Waals surface area (Å²) in [4.78, 5) is 15.8. The molecule has 0 spiro atoms. The Labute approximate surface area is 151 Å². The van der Waals surface area contributed by atoms with E-state index in [2.05, 4.69) is 20.0 Å². The third-order valence-corrected chi connectivity index (χ3v) is 4.64.